The van der Waals surface area contributed by atoms with E-state index < -0.39 is 0 Å². The smallest absolute Gasteiger partial charge is 0.273 e. The molecule has 1 fully saturated rings. The molecule has 2 amide bonds. The number of nitrogens with one attached hydrogen (secondary N) is 2. The van der Waals surface area contributed by atoms with Gasteiger partial charge in [0.1, 0.15) is 17.6 Å². The van der Waals surface area contributed by atoms with E-state index in [2.05, 4.69) is 32.4 Å². The summed E-state index contributed by atoms with van der Waals surface area (Å²) in [6.07, 6.45) is 4.00. The molecule has 0 aliphatic carbocycles. The summed E-state index contributed by atoms with van der Waals surface area (Å²) in [6.45, 7) is 7.17. The van der Waals surface area contributed by atoms with E-state index in [0.717, 1.165) is 25.8 Å². The molecule has 0 radical (unpaired) electrons. The molecule has 180 valence electrons. The number of aryl methyl sites for hydroxylation is 1. The fourth-order valence-electron chi connectivity index (χ4n) is 4.03. The van der Waals surface area contributed by atoms with Crippen molar-refractivity contribution in [3.8, 4) is 0 Å². The highest BCUT2D eigenvalue weighted by atomic mass is 32.1. The molecule has 0 bridgehead atoms. The molecule has 0 saturated carbocycles. The second-order valence-corrected chi connectivity index (χ2v) is 9.85. The van der Waals surface area contributed by atoms with Crippen LogP contribution >= 0.6 is 11.3 Å². The second kappa shape index (κ2) is 10.3. The zero-order valence-electron chi connectivity index (χ0n) is 19.7. The van der Waals surface area contributed by atoms with Crippen molar-refractivity contribution in [3.63, 3.8) is 0 Å². The van der Waals surface area contributed by atoms with Crippen molar-refractivity contribution in [1.29, 1.82) is 0 Å². The maximum Gasteiger partial charge on any atom is 0.273 e. The number of nitrogens with zero attached hydrogens (tertiary/aromatic N) is 4. The lowest BCUT2D eigenvalue weighted by Crippen LogP contribution is -2.44. The molecule has 1 aliphatic heterocycles. The predicted octanol–water partition coefficient (Wildman–Crippen LogP) is 2.80. The third kappa shape index (κ3) is 5.44. The third-order valence-corrected chi connectivity index (χ3v) is 6.92. The number of benzene rings is 1. The van der Waals surface area contributed by atoms with Gasteiger partial charge in [0.25, 0.3) is 5.56 Å². The molecule has 34 heavy (non-hydrogen) atoms. The molecule has 1 aliphatic rings. The molecule has 2 N–H and O–H groups in total. The van der Waals surface area contributed by atoms with E-state index >= 15 is 0 Å². The zero-order chi connectivity index (χ0) is 24.2. The van der Waals surface area contributed by atoms with Gasteiger partial charge in [0.05, 0.1) is 5.92 Å². The Bertz CT molecular complexity index is 1230. The number of aromatic nitrogens is 3. The first-order valence-electron chi connectivity index (χ1n) is 11.6. The Morgan fingerprint density at radius 1 is 1.24 bits per heavy atom. The van der Waals surface area contributed by atoms with Crippen LogP contribution in [0.5, 0.6) is 0 Å². The van der Waals surface area contributed by atoms with E-state index in [1.54, 1.807) is 0 Å². The van der Waals surface area contributed by atoms with Gasteiger partial charge in [0.15, 0.2) is 10.8 Å². The summed E-state index contributed by atoms with van der Waals surface area (Å²) in [6, 6.07) is 7.73. The van der Waals surface area contributed by atoms with E-state index in [0.29, 0.717) is 27.7 Å². The number of rotatable bonds is 7. The van der Waals surface area contributed by atoms with E-state index in [-0.39, 0.29) is 35.9 Å². The topological polar surface area (TPSA) is 109 Å². The van der Waals surface area contributed by atoms with Crippen molar-refractivity contribution in [3.05, 3.63) is 46.5 Å². The molecular formula is C24H30N6O3S. The number of hydrogen-bond donors (Lipinski definition) is 2. The highest BCUT2D eigenvalue weighted by Crippen LogP contribution is 2.29. The standard InChI is InChI=1S/C24H30N6O3S/c1-4-16-7-9-18(10-8-16)27-19(31)13-30-14-25-21-20(23(30)33)34-24(28-21)29-11-5-6-17(12-29)22(32)26-15(2)3/h7-10,14-15,17H,4-6,11-13H2,1-3H3,(H,26,32)(H,27,31)/t17-/m1/s1. The van der Waals surface area contributed by atoms with Gasteiger partial charge in [-0.1, -0.05) is 30.4 Å². The number of hydrogen-bond acceptors (Lipinski definition) is 7. The quantitative estimate of drug-likeness (QED) is 0.536. The van der Waals surface area contributed by atoms with Crippen molar-refractivity contribution in [2.75, 3.05) is 23.3 Å². The number of anilines is 2. The Balaban J connectivity index is 1.47. The van der Waals surface area contributed by atoms with Crippen molar-refractivity contribution >= 4 is 44.3 Å². The van der Waals surface area contributed by atoms with Crippen LogP contribution in [0.25, 0.3) is 10.3 Å². The highest BCUT2D eigenvalue weighted by Gasteiger charge is 2.28. The second-order valence-electron chi connectivity index (χ2n) is 8.87. The maximum atomic E-state index is 13.0. The number of amides is 2. The number of fused-ring (bicyclic) bond motifs is 1. The Morgan fingerprint density at radius 3 is 2.71 bits per heavy atom. The van der Waals surface area contributed by atoms with Crippen LogP contribution in [-0.4, -0.2) is 45.5 Å². The lowest BCUT2D eigenvalue weighted by Gasteiger charge is -2.32. The van der Waals surface area contributed by atoms with Gasteiger partial charge in [-0.05, 0) is 50.8 Å². The summed E-state index contributed by atoms with van der Waals surface area (Å²) in [7, 11) is 0. The summed E-state index contributed by atoms with van der Waals surface area (Å²) in [5, 5.41) is 6.48. The summed E-state index contributed by atoms with van der Waals surface area (Å²) in [5.74, 6) is -0.355. The van der Waals surface area contributed by atoms with Gasteiger partial charge < -0.3 is 15.5 Å². The van der Waals surface area contributed by atoms with Gasteiger partial charge in [-0.15, -0.1) is 0 Å². The summed E-state index contributed by atoms with van der Waals surface area (Å²) in [5.41, 5.74) is 1.94. The lowest BCUT2D eigenvalue weighted by molar-refractivity contribution is -0.125. The lowest BCUT2D eigenvalue weighted by atomic mass is 9.97. The largest absolute Gasteiger partial charge is 0.354 e. The molecular weight excluding hydrogens is 452 g/mol. The molecule has 2 aromatic heterocycles. The Labute approximate surface area is 202 Å². The van der Waals surface area contributed by atoms with Crippen LogP contribution < -0.4 is 21.1 Å². The molecule has 3 heterocycles. The predicted molar refractivity (Wildman–Crippen MR) is 134 cm³/mol. The molecule has 10 heteroatoms. The van der Waals surface area contributed by atoms with Crippen molar-refractivity contribution in [2.45, 2.75) is 52.6 Å². The highest BCUT2D eigenvalue weighted by molar-refractivity contribution is 7.22. The van der Waals surface area contributed by atoms with Crippen LogP contribution in [0, 0.1) is 5.92 Å². The molecule has 1 aromatic carbocycles. The van der Waals surface area contributed by atoms with Crippen molar-refractivity contribution in [1.82, 2.24) is 19.9 Å². The SMILES string of the molecule is CCc1ccc(NC(=O)Cn2cnc3nc(N4CCC[C@@H](C(=O)NC(C)C)C4)sc3c2=O)cc1. The molecule has 1 saturated heterocycles. The number of carbonyl (C=O) groups excluding carboxylic acids is 2. The average Bonchev–Trinajstić information content (AvgIpc) is 3.26. The molecule has 0 spiro atoms. The minimum Gasteiger partial charge on any atom is -0.354 e. The van der Waals surface area contributed by atoms with Gasteiger partial charge in [0.2, 0.25) is 11.8 Å². The maximum absolute atomic E-state index is 13.0. The van der Waals surface area contributed by atoms with Gasteiger partial charge in [-0.25, -0.2) is 4.98 Å². The van der Waals surface area contributed by atoms with E-state index in [4.69, 9.17) is 0 Å². The number of piperidine rings is 1. The first-order valence-corrected chi connectivity index (χ1v) is 12.5. The average molecular weight is 483 g/mol. The van der Waals surface area contributed by atoms with Gasteiger partial charge in [-0.2, -0.15) is 4.98 Å². The van der Waals surface area contributed by atoms with Crippen LogP contribution in [-0.2, 0) is 22.6 Å². The van der Waals surface area contributed by atoms with Crippen molar-refractivity contribution in [2.24, 2.45) is 5.92 Å². The molecule has 0 unspecified atom stereocenters. The molecule has 4 rings (SSSR count). The number of thiazole rings is 1. The first kappa shape index (κ1) is 23.9. The molecule has 1 atom stereocenters. The summed E-state index contributed by atoms with van der Waals surface area (Å²) < 4.78 is 1.71. The zero-order valence-corrected chi connectivity index (χ0v) is 20.5. The van der Waals surface area contributed by atoms with Crippen LogP contribution in [0.2, 0.25) is 0 Å². The van der Waals surface area contributed by atoms with Crippen LogP contribution in [0.3, 0.4) is 0 Å². The van der Waals surface area contributed by atoms with Crippen molar-refractivity contribution < 1.29 is 9.59 Å². The normalized spacial score (nSPS) is 16.1. The Hall–Kier alpha value is -3.27. The van der Waals surface area contributed by atoms with Crippen LogP contribution in [0.15, 0.2) is 35.4 Å². The monoisotopic (exact) mass is 482 g/mol. The van der Waals surface area contributed by atoms with E-state index in [1.807, 2.05) is 38.1 Å². The first-order chi connectivity index (χ1) is 16.3. The summed E-state index contributed by atoms with van der Waals surface area (Å²) in [4.78, 5) is 48.9. The van der Waals surface area contributed by atoms with E-state index in [1.165, 1.54) is 27.8 Å². The van der Waals surface area contributed by atoms with Gasteiger partial charge in [-0.3, -0.25) is 19.0 Å². The Morgan fingerprint density at radius 2 is 2.00 bits per heavy atom. The summed E-state index contributed by atoms with van der Waals surface area (Å²) >= 11 is 1.26. The number of carbonyl (C=O) groups is 2. The van der Waals surface area contributed by atoms with E-state index in [9.17, 15) is 14.4 Å². The van der Waals surface area contributed by atoms with Crippen LogP contribution in [0.4, 0.5) is 10.8 Å². The minimum absolute atomic E-state index is 0.0524. The molecule has 9 nitrogen and oxygen atoms in total. The fraction of sp³-hybridized carbons (Fsp3) is 0.458. The minimum atomic E-state index is -0.299. The van der Waals surface area contributed by atoms with Crippen LogP contribution in [0.1, 0.15) is 39.2 Å². The van der Waals surface area contributed by atoms with Gasteiger partial charge >= 0.3 is 0 Å². The fourth-order valence-corrected chi connectivity index (χ4v) is 5.03. The molecule has 3 aromatic rings. The Kier molecular flexibility index (Phi) is 7.26. The third-order valence-electron chi connectivity index (χ3n) is 5.83. The van der Waals surface area contributed by atoms with Gasteiger partial charge in [0, 0.05) is 24.8 Å².